The first kappa shape index (κ1) is 25.4. The number of aliphatic hydroxyl groups is 1. The molecule has 1 N–H and O–H groups in total. The van der Waals surface area contributed by atoms with E-state index in [1.54, 1.807) is 0 Å². The maximum atomic E-state index is 13.1. The Labute approximate surface area is 198 Å². The zero-order valence-corrected chi connectivity index (χ0v) is 20.2. The molecule has 0 heterocycles. The Bertz CT molecular complexity index is 998. The van der Waals surface area contributed by atoms with Crippen LogP contribution in [0, 0.1) is 5.92 Å². The maximum Gasteiger partial charge on any atom is 0.416 e. The summed E-state index contributed by atoms with van der Waals surface area (Å²) in [5, 5.41) is 10.9. The largest absolute Gasteiger partial charge is 0.512 e. The number of halogens is 3. The Balaban J connectivity index is 1.71. The molecule has 1 atom stereocenters. The molecule has 0 fully saturated rings. The third-order valence-corrected chi connectivity index (χ3v) is 7.33. The van der Waals surface area contributed by atoms with Gasteiger partial charge in [0.25, 0.3) is 0 Å². The van der Waals surface area contributed by atoms with Gasteiger partial charge in [-0.15, -0.1) is 11.8 Å². The van der Waals surface area contributed by atoms with Crippen LogP contribution in [0.4, 0.5) is 13.2 Å². The third kappa shape index (κ3) is 6.03. The van der Waals surface area contributed by atoms with E-state index in [1.165, 1.54) is 29.5 Å². The molecule has 2 nitrogen and oxygen atoms in total. The van der Waals surface area contributed by atoms with E-state index in [1.807, 2.05) is 0 Å². The van der Waals surface area contributed by atoms with E-state index in [0.717, 1.165) is 53.0 Å². The van der Waals surface area contributed by atoms with Gasteiger partial charge in [0.2, 0.25) is 0 Å². The quantitative estimate of drug-likeness (QED) is 0.395. The molecule has 33 heavy (non-hydrogen) atoms. The van der Waals surface area contributed by atoms with Crippen LogP contribution in [0.2, 0.25) is 0 Å². The summed E-state index contributed by atoms with van der Waals surface area (Å²) >= 11 is 1.47. The number of thioether (sulfide) groups is 1. The molecule has 0 radical (unpaired) electrons. The number of ketones is 1. The van der Waals surface area contributed by atoms with E-state index in [9.17, 15) is 23.1 Å². The van der Waals surface area contributed by atoms with Gasteiger partial charge in [-0.05, 0) is 83.9 Å². The van der Waals surface area contributed by atoms with Crippen molar-refractivity contribution < 1.29 is 23.1 Å². The lowest BCUT2D eigenvalue weighted by molar-refractivity contribution is -0.137. The van der Waals surface area contributed by atoms with E-state index < -0.39 is 11.7 Å². The van der Waals surface area contributed by atoms with Crippen LogP contribution < -0.4 is 0 Å². The van der Waals surface area contributed by atoms with Gasteiger partial charge in [0.1, 0.15) is 5.76 Å². The van der Waals surface area contributed by atoms with Gasteiger partial charge in [-0.2, -0.15) is 13.2 Å². The number of benzene rings is 2. The van der Waals surface area contributed by atoms with E-state index in [0.29, 0.717) is 30.6 Å². The second kappa shape index (κ2) is 10.8. The monoisotopic (exact) mass is 476 g/mol. The molecule has 0 amide bonds. The molecule has 3 rings (SSSR count). The number of hydrogen-bond acceptors (Lipinski definition) is 3. The third-order valence-electron chi connectivity index (χ3n) is 6.28. The molecular weight excluding hydrogens is 445 g/mol. The molecule has 0 bridgehead atoms. The standard InChI is InChI=1S/C27H31F3O2S/c1-4-17-13-19(5-2)25(20(6-3)14-17)26-23(31)15-18(16-24(26)32)11-12-33-22-9-7-21(8-10-22)27(28,29)30/h7-10,13-14,18,31H,4-6,11-12,15-16H2,1-3H3. The van der Waals surface area contributed by atoms with Gasteiger partial charge >= 0.3 is 6.18 Å². The number of aliphatic hydroxyl groups excluding tert-OH is 1. The number of carbonyl (C=O) groups is 1. The second-order valence-corrected chi connectivity index (χ2v) is 9.70. The van der Waals surface area contributed by atoms with Crippen molar-refractivity contribution in [2.45, 2.75) is 70.4 Å². The predicted molar refractivity (Wildman–Crippen MR) is 129 cm³/mol. The molecule has 0 aromatic heterocycles. The van der Waals surface area contributed by atoms with E-state index in [2.05, 4.69) is 32.9 Å². The average Bonchev–Trinajstić information content (AvgIpc) is 2.78. The molecule has 2 aromatic rings. The molecule has 0 saturated heterocycles. The van der Waals surface area contributed by atoms with E-state index in [-0.39, 0.29) is 17.5 Å². The summed E-state index contributed by atoms with van der Waals surface area (Å²) in [6.07, 6.45) is -0.256. The minimum atomic E-state index is -4.33. The highest BCUT2D eigenvalue weighted by Gasteiger charge is 2.31. The Morgan fingerprint density at radius 2 is 1.58 bits per heavy atom. The normalized spacial score (nSPS) is 17.0. The zero-order chi connectivity index (χ0) is 24.2. The molecule has 178 valence electrons. The number of allylic oxidation sites excluding steroid dienone is 2. The minimum absolute atomic E-state index is 0.0167. The van der Waals surface area contributed by atoms with Gasteiger partial charge in [-0.25, -0.2) is 0 Å². The Morgan fingerprint density at radius 1 is 0.970 bits per heavy atom. The number of hydrogen-bond donors (Lipinski definition) is 1. The molecule has 0 spiro atoms. The highest BCUT2D eigenvalue weighted by atomic mass is 32.2. The topological polar surface area (TPSA) is 37.3 Å². The molecule has 1 aliphatic rings. The lowest BCUT2D eigenvalue weighted by atomic mass is 9.79. The smallest absolute Gasteiger partial charge is 0.416 e. The van der Waals surface area contributed by atoms with Crippen molar-refractivity contribution in [3.63, 3.8) is 0 Å². The molecular formula is C27H31F3O2S. The Kier molecular flexibility index (Phi) is 8.33. The van der Waals surface area contributed by atoms with Crippen molar-refractivity contribution in [3.05, 3.63) is 70.0 Å². The maximum absolute atomic E-state index is 13.1. The number of Topliss-reactive ketones (excluding diaryl/α,β-unsaturated/α-hetero) is 1. The van der Waals surface area contributed by atoms with Crippen LogP contribution >= 0.6 is 11.8 Å². The zero-order valence-electron chi connectivity index (χ0n) is 19.4. The fourth-order valence-corrected chi connectivity index (χ4v) is 5.48. The number of aryl methyl sites for hydroxylation is 3. The SMILES string of the molecule is CCc1cc(CC)c(C2=C(O)CC(CCSc3ccc(C(F)(F)F)cc3)CC2=O)c(CC)c1. The fourth-order valence-electron chi connectivity index (χ4n) is 4.47. The van der Waals surface area contributed by atoms with E-state index >= 15 is 0 Å². The molecule has 6 heteroatoms. The first-order valence-electron chi connectivity index (χ1n) is 11.6. The lowest BCUT2D eigenvalue weighted by Crippen LogP contribution is -2.21. The summed E-state index contributed by atoms with van der Waals surface area (Å²) in [6, 6.07) is 9.44. The molecule has 0 saturated carbocycles. The van der Waals surface area contributed by atoms with Crippen molar-refractivity contribution in [1.29, 1.82) is 0 Å². The van der Waals surface area contributed by atoms with Crippen molar-refractivity contribution in [2.75, 3.05) is 5.75 Å². The van der Waals surface area contributed by atoms with Crippen LogP contribution in [-0.4, -0.2) is 16.6 Å². The summed E-state index contributed by atoms with van der Waals surface area (Å²) in [6.45, 7) is 6.26. The Morgan fingerprint density at radius 3 is 2.06 bits per heavy atom. The Hall–Kier alpha value is -2.21. The van der Waals surface area contributed by atoms with Gasteiger partial charge in [-0.1, -0.05) is 32.9 Å². The number of carbonyl (C=O) groups excluding carboxylic acids is 1. The van der Waals surface area contributed by atoms with Gasteiger partial charge in [0, 0.05) is 17.7 Å². The average molecular weight is 477 g/mol. The summed E-state index contributed by atoms with van der Waals surface area (Å²) in [5.74, 6) is 0.868. The first-order valence-corrected chi connectivity index (χ1v) is 12.6. The van der Waals surface area contributed by atoms with Crippen molar-refractivity contribution >= 4 is 23.1 Å². The molecule has 1 unspecified atom stereocenters. The first-order chi connectivity index (χ1) is 15.7. The van der Waals surface area contributed by atoms with Gasteiger partial charge in [0.15, 0.2) is 5.78 Å². The predicted octanol–water partition coefficient (Wildman–Crippen LogP) is 7.82. The highest BCUT2D eigenvalue weighted by Crippen LogP contribution is 2.38. The van der Waals surface area contributed by atoms with Gasteiger partial charge in [-0.3, -0.25) is 4.79 Å². The minimum Gasteiger partial charge on any atom is -0.512 e. The lowest BCUT2D eigenvalue weighted by Gasteiger charge is -2.26. The second-order valence-electron chi connectivity index (χ2n) is 8.53. The van der Waals surface area contributed by atoms with Crippen molar-refractivity contribution in [2.24, 2.45) is 5.92 Å². The molecule has 0 aliphatic heterocycles. The summed E-state index contributed by atoms with van der Waals surface area (Å²) < 4.78 is 38.1. The van der Waals surface area contributed by atoms with Crippen LogP contribution in [0.5, 0.6) is 0 Å². The van der Waals surface area contributed by atoms with Crippen LogP contribution in [0.25, 0.3) is 5.57 Å². The van der Waals surface area contributed by atoms with Crippen LogP contribution in [-0.2, 0) is 30.2 Å². The summed E-state index contributed by atoms with van der Waals surface area (Å²) in [4.78, 5) is 13.9. The summed E-state index contributed by atoms with van der Waals surface area (Å²) in [7, 11) is 0. The number of rotatable bonds is 8. The molecule has 2 aromatic carbocycles. The van der Waals surface area contributed by atoms with E-state index in [4.69, 9.17) is 0 Å². The van der Waals surface area contributed by atoms with Crippen molar-refractivity contribution in [1.82, 2.24) is 0 Å². The fraction of sp³-hybridized carbons (Fsp3) is 0.444. The summed E-state index contributed by atoms with van der Waals surface area (Å²) in [5.41, 5.74) is 4.20. The molecule has 1 aliphatic carbocycles. The van der Waals surface area contributed by atoms with Crippen LogP contribution in [0.15, 0.2) is 47.1 Å². The van der Waals surface area contributed by atoms with Gasteiger partial charge in [0.05, 0.1) is 11.1 Å². The highest BCUT2D eigenvalue weighted by molar-refractivity contribution is 7.99. The van der Waals surface area contributed by atoms with Crippen LogP contribution in [0.3, 0.4) is 0 Å². The van der Waals surface area contributed by atoms with Crippen molar-refractivity contribution in [3.8, 4) is 0 Å². The van der Waals surface area contributed by atoms with Crippen LogP contribution in [0.1, 0.15) is 67.9 Å². The van der Waals surface area contributed by atoms with Gasteiger partial charge < -0.3 is 5.11 Å². The number of alkyl halides is 3.